The predicted molar refractivity (Wildman–Crippen MR) is 71.0 cm³/mol. The lowest BCUT2D eigenvalue weighted by Crippen LogP contribution is -2.54. The molecule has 0 aromatic carbocycles. The summed E-state index contributed by atoms with van der Waals surface area (Å²) < 4.78 is 5.84. The molecule has 17 heavy (non-hydrogen) atoms. The number of hydrogen-bond acceptors (Lipinski definition) is 3. The largest absolute Gasteiger partial charge is 0.374 e. The third-order valence-electron chi connectivity index (χ3n) is 4.63. The fraction of sp³-hybridized carbons (Fsp3) is 1.00. The molecule has 2 atom stereocenters. The average molecular weight is 240 g/mol. The molecule has 0 aromatic heterocycles. The van der Waals surface area contributed by atoms with Gasteiger partial charge in [0.25, 0.3) is 0 Å². The van der Waals surface area contributed by atoms with E-state index in [-0.39, 0.29) is 11.1 Å². The third-order valence-corrected chi connectivity index (χ3v) is 4.63. The first-order chi connectivity index (χ1) is 7.89. The molecular formula is C14H28N2O. The molecule has 2 rings (SSSR count). The van der Waals surface area contributed by atoms with Gasteiger partial charge in [-0.2, -0.15) is 0 Å². The molecule has 3 nitrogen and oxygen atoms in total. The van der Waals surface area contributed by atoms with E-state index in [1.54, 1.807) is 0 Å². The van der Waals surface area contributed by atoms with Gasteiger partial charge in [0.2, 0.25) is 0 Å². The number of ether oxygens (including phenoxy) is 1. The van der Waals surface area contributed by atoms with Crippen LogP contribution < -0.4 is 11.1 Å². The van der Waals surface area contributed by atoms with E-state index in [9.17, 15) is 0 Å². The van der Waals surface area contributed by atoms with Crippen molar-refractivity contribution in [2.24, 2.45) is 11.1 Å². The molecule has 2 unspecified atom stereocenters. The Kier molecular flexibility index (Phi) is 3.54. The minimum atomic E-state index is 0.0366. The smallest absolute Gasteiger partial charge is 0.0779 e. The van der Waals surface area contributed by atoms with Crippen LogP contribution in [-0.2, 0) is 4.74 Å². The fourth-order valence-corrected chi connectivity index (χ4v) is 3.42. The second kappa shape index (κ2) is 4.52. The molecule has 3 heteroatoms. The molecule has 2 aliphatic rings. The highest BCUT2D eigenvalue weighted by Crippen LogP contribution is 2.43. The molecule has 0 aromatic rings. The van der Waals surface area contributed by atoms with E-state index in [4.69, 9.17) is 10.5 Å². The zero-order valence-corrected chi connectivity index (χ0v) is 11.6. The Morgan fingerprint density at radius 3 is 2.41 bits per heavy atom. The van der Waals surface area contributed by atoms with Crippen LogP contribution in [0.15, 0.2) is 0 Å². The van der Waals surface area contributed by atoms with Crippen molar-refractivity contribution in [3.63, 3.8) is 0 Å². The van der Waals surface area contributed by atoms with Crippen LogP contribution in [0.25, 0.3) is 0 Å². The standard InChI is InChI=1S/C14H28N2O/c1-12(2)6-7-14(9-12,10-15)16-11-13(3)5-4-8-17-13/h16H,4-11,15H2,1-3H3. The minimum absolute atomic E-state index is 0.0366. The van der Waals surface area contributed by atoms with Crippen molar-refractivity contribution in [2.75, 3.05) is 19.7 Å². The maximum atomic E-state index is 6.01. The van der Waals surface area contributed by atoms with Gasteiger partial charge in [-0.15, -0.1) is 0 Å². The van der Waals surface area contributed by atoms with Gasteiger partial charge in [-0.1, -0.05) is 13.8 Å². The van der Waals surface area contributed by atoms with E-state index in [0.717, 1.165) is 19.7 Å². The summed E-state index contributed by atoms with van der Waals surface area (Å²) in [5.41, 5.74) is 6.64. The minimum Gasteiger partial charge on any atom is -0.374 e. The first-order valence-electron chi connectivity index (χ1n) is 6.98. The topological polar surface area (TPSA) is 47.3 Å². The van der Waals surface area contributed by atoms with E-state index < -0.39 is 0 Å². The van der Waals surface area contributed by atoms with Gasteiger partial charge in [0.15, 0.2) is 0 Å². The summed E-state index contributed by atoms with van der Waals surface area (Å²) in [5.74, 6) is 0. The van der Waals surface area contributed by atoms with Gasteiger partial charge in [0.1, 0.15) is 0 Å². The summed E-state index contributed by atoms with van der Waals surface area (Å²) in [6.45, 7) is 9.52. The van der Waals surface area contributed by atoms with Crippen LogP contribution in [0.2, 0.25) is 0 Å². The van der Waals surface area contributed by atoms with Gasteiger partial charge in [-0.3, -0.25) is 0 Å². The van der Waals surface area contributed by atoms with Gasteiger partial charge in [-0.25, -0.2) is 0 Å². The Hall–Kier alpha value is -0.120. The first-order valence-corrected chi connectivity index (χ1v) is 6.98. The Morgan fingerprint density at radius 1 is 1.18 bits per heavy atom. The predicted octanol–water partition coefficient (Wildman–Crippen LogP) is 2.05. The van der Waals surface area contributed by atoms with Gasteiger partial charge >= 0.3 is 0 Å². The van der Waals surface area contributed by atoms with Crippen molar-refractivity contribution in [1.29, 1.82) is 0 Å². The SMILES string of the molecule is CC1(C)CCC(CN)(NCC2(C)CCCO2)C1. The van der Waals surface area contributed by atoms with Crippen LogP contribution in [0.3, 0.4) is 0 Å². The van der Waals surface area contributed by atoms with Gasteiger partial charge in [0, 0.05) is 25.2 Å². The number of nitrogens with one attached hydrogen (secondary N) is 1. The lowest BCUT2D eigenvalue weighted by atomic mass is 9.87. The van der Waals surface area contributed by atoms with E-state index in [1.807, 2.05) is 0 Å². The highest BCUT2D eigenvalue weighted by atomic mass is 16.5. The maximum absolute atomic E-state index is 6.01. The van der Waals surface area contributed by atoms with Crippen molar-refractivity contribution < 1.29 is 4.74 Å². The van der Waals surface area contributed by atoms with Crippen LogP contribution in [0.5, 0.6) is 0 Å². The molecule has 100 valence electrons. The molecule has 1 heterocycles. The van der Waals surface area contributed by atoms with Crippen molar-refractivity contribution in [1.82, 2.24) is 5.32 Å². The molecule has 1 aliphatic heterocycles. The van der Waals surface area contributed by atoms with Crippen LogP contribution in [0.4, 0.5) is 0 Å². The molecule has 0 radical (unpaired) electrons. The van der Waals surface area contributed by atoms with Crippen molar-refractivity contribution >= 4 is 0 Å². The van der Waals surface area contributed by atoms with E-state index in [1.165, 1.54) is 32.1 Å². The van der Waals surface area contributed by atoms with Gasteiger partial charge in [-0.05, 0) is 44.4 Å². The van der Waals surface area contributed by atoms with Crippen LogP contribution >= 0.6 is 0 Å². The fourth-order valence-electron chi connectivity index (χ4n) is 3.42. The van der Waals surface area contributed by atoms with Crippen LogP contribution in [0, 0.1) is 5.41 Å². The highest BCUT2D eigenvalue weighted by molar-refractivity contribution is 5.02. The molecule has 0 amide bonds. The Labute approximate surface area is 105 Å². The summed E-state index contributed by atoms with van der Waals surface area (Å²) in [6, 6.07) is 0. The summed E-state index contributed by atoms with van der Waals surface area (Å²) in [7, 11) is 0. The number of hydrogen-bond donors (Lipinski definition) is 2. The molecule has 0 spiro atoms. The summed E-state index contributed by atoms with van der Waals surface area (Å²) in [6.07, 6.45) is 6.03. The summed E-state index contributed by atoms with van der Waals surface area (Å²) in [5, 5.41) is 3.73. The quantitative estimate of drug-likeness (QED) is 0.790. The van der Waals surface area contributed by atoms with Crippen molar-refractivity contribution in [3.8, 4) is 0 Å². The summed E-state index contributed by atoms with van der Waals surface area (Å²) in [4.78, 5) is 0. The monoisotopic (exact) mass is 240 g/mol. The summed E-state index contributed by atoms with van der Waals surface area (Å²) >= 11 is 0. The molecule has 1 saturated heterocycles. The van der Waals surface area contributed by atoms with Gasteiger partial charge < -0.3 is 15.8 Å². The number of rotatable bonds is 4. The Morgan fingerprint density at radius 2 is 1.94 bits per heavy atom. The molecule has 2 fully saturated rings. The molecule has 3 N–H and O–H groups in total. The molecular weight excluding hydrogens is 212 g/mol. The Bertz CT molecular complexity index is 271. The van der Waals surface area contributed by atoms with Crippen LogP contribution in [-0.4, -0.2) is 30.8 Å². The second-order valence-corrected chi connectivity index (χ2v) is 7.08. The first kappa shape index (κ1) is 13.3. The molecule has 0 bridgehead atoms. The molecule has 1 aliphatic carbocycles. The lowest BCUT2D eigenvalue weighted by molar-refractivity contribution is 0.0141. The van der Waals surface area contributed by atoms with E-state index in [0.29, 0.717) is 5.41 Å². The Balaban J connectivity index is 1.92. The third kappa shape index (κ3) is 3.01. The van der Waals surface area contributed by atoms with E-state index in [2.05, 4.69) is 26.1 Å². The average Bonchev–Trinajstić information content (AvgIpc) is 2.82. The lowest BCUT2D eigenvalue weighted by Gasteiger charge is -2.35. The van der Waals surface area contributed by atoms with Crippen LogP contribution in [0.1, 0.15) is 52.9 Å². The molecule has 1 saturated carbocycles. The van der Waals surface area contributed by atoms with Gasteiger partial charge in [0.05, 0.1) is 5.60 Å². The zero-order valence-electron chi connectivity index (χ0n) is 11.6. The maximum Gasteiger partial charge on any atom is 0.0779 e. The van der Waals surface area contributed by atoms with E-state index >= 15 is 0 Å². The van der Waals surface area contributed by atoms with Crippen molar-refractivity contribution in [3.05, 3.63) is 0 Å². The normalized spacial score (nSPS) is 40.9. The zero-order chi connectivity index (χ0) is 12.6. The van der Waals surface area contributed by atoms with Crippen molar-refractivity contribution in [2.45, 2.75) is 64.0 Å². The highest BCUT2D eigenvalue weighted by Gasteiger charge is 2.43. The second-order valence-electron chi connectivity index (χ2n) is 7.08. The number of nitrogens with two attached hydrogens (primary N) is 1.